The molecule has 0 saturated carbocycles. The number of hydrogen-bond acceptors (Lipinski definition) is 4. The predicted molar refractivity (Wildman–Crippen MR) is 99.0 cm³/mol. The minimum absolute atomic E-state index is 0.254. The van der Waals surface area contributed by atoms with Gasteiger partial charge in [-0.3, -0.25) is 9.69 Å². The van der Waals surface area contributed by atoms with E-state index in [-0.39, 0.29) is 5.92 Å². The van der Waals surface area contributed by atoms with E-state index >= 15 is 0 Å². The van der Waals surface area contributed by atoms with Crippen molar-refractivity contribution in [3.63, 3.8) is 0 Å². The van der Waals surface area contributed by atoms with Gasteiger partial charge < -0.3 is 9.94 Å². The van der Waals surface area contributed by atoms with Crippen molar-refractivity contribution in [2.24, 2.45) is 11.1 Å². The van der Waals surface area contributed by atoms with Crippen LogP contribution in [0.15, 0.2) is 41.6 Å². The Labute approximate surface area is 147 Å². The van der Waals surface area contributed by atoms with Crippen molar-refractivity contribution < 1.29 is 14.7 Å². The van der Waals surface area contributed by atoms with Gasteiger partial charge in [0.25, 0.3) is 0 Å². The number of nitrogens with zero attached hydrogens (tertiary/aromatic N) is 2. The minimum Gasteiger partial charge on any atom is -0.481 e. The van der Waals surface area contributed by atoms with Crippen LogP contribution in [0.1, 0.15) is 24.0 Å². The van der Waals surface area contributed by atoms with Gasteiger partial charge in [-0.25, -0.2) is 0 Å². The summed E-state index contributed by atoms with van der Waals surface area (Å²) in [6.45, 7) is 4.80. The van der Waals surface area contributed by atoms with Gasteiger partial charge in [-0.2, -0.15) is 0 Å². The van der Waals surface area contributed by atoms with Crippen molar-refractivity contribution in [1.82, 2.24) is 4.90 Å². The van der Waals surface area contributed by atoms with Crippen LogP contribution in [-0.2, 0) is 9.63 Å². The van der Waals surface area contributed by atoms with Gasteiger partial charge in [-0.1, -0.05) is 41.6 Å². The predicted octanol–water partition coefficient (Wildman–Crippen LogP) is 3.30. The summed E-state index contributed by atoms with van der Waals surface area (Å²) in [7, 11) is 0. The first kappa shape index (κ1) is 17.4. The van der Waals surface area contributed by atoms with E-state index in [2.05, 4.69) is 35.2 Å². The number of oxime groups is 1. The van der Waals surface area contributed by atoms with Crippen molar-refractivity contribution in [2.75, 3.05) is 26.2 Å². The topological polar surface area (TPSA) is 62.1 Å². The van der Waals surface area contributed by atoms with Crippen LogP contribution in [0.3, 0.4) is 0 Å². The van der Waals surface area contributed by atoms with Gasteiger partial charge in [0, 0.05) is 18.7 Å². The summed E-state index contributed by atoms with van der Waals surface area (Å²) in [5, 5.41) is 15.6. The molecule has 2 aromatic carbocycles. The average Bonchev–Trinajstić information content (AvgIpc) is 2.63. The number of rotatable bonds is 6. The summed E-state index contributed by atoms with van der Waals surface area (Å²) in [6, 6.07) is 12.4. The molecule has 25 heavy (non-hydrogen) atoms. The number of piperidine rings is 1. The van der Waals surface area contributed by atoms with Crippen LogP contribution >= 0.6 is 0 Å². The van der Waals surface area contributed by atoms with E-state index in [1.54, 1.807) is 6.21 Å². The third-order valence-electron chi connectivity index (χ3n) is 4.80. The third kappa shape index (κ3) is 4.37. The molecule has 5 heteroatoms. The molecule has 0 spiro atoms. The van der Waals surface area contributed by atoms with Crippen molar-refractivity contribution in [2.45, 2.75) is 19.8 Å². The SMILES string of the molecule is Cc1ccc(/C=N/OCCN2CCCC(C(=O)O)C2)c2ccccc12. The van der Waals surface area contributed by atoms with E-state index in [0.29, 0.717) is 19.7 Å². The van der Waals surface area contributed by atoms with E-state index in [9.17, 15) is 4.79 Å². The molecule has 3 rings (SSSR count). The molecule has 0 aromatic heterocycles. The molecule has 2 aromatic rings. The molecule has 5 nitrogen and oxygen atoms in total. The Morgan fingerprint density at radius 1 is 1.32 bits per heavy atom. The smallest absolute Gasteiger partial charge is 0.307 e. The fraction of sp³-hybridized carbons (Fsp3) is 0.400. The van der Waals surface area contributed by atoms with Crippen LogP contribution in [0.25, 0.3) is 10.8 Å². The number of likely N-dealkylation sites (tertiary alicyclic amines) is 1. The lowest BCUT2D eigenvalue weighted by Crippen LogP contribution is -2.40. The molecule has 1 aliphatic rings. The quantitative estimate of drug-likeness (QED) is 0.498. The first-order valence-electron chi connectivity index (χ1n) is 8.74. The highest BCUT2D eigenvalue weighted by Crippen LogP contribution is 2.21. The van der Waals surface area contributed by atoms with Crippen molar-refractivity contribution in [3.05, 3.63) is 47.5 Å². The number of aryl methyl sites for hydroxylation is 1. The lowest BCUT2D eigenvalue weighted by Gasteiger charge is -2.29. The molecule has 1 aliphatic heterocycles. The standard InChI is InChI=1S/C20H24N2O3/c1-15-8-9-16(19-7-3-2-6-18(15)19)13-21-25-12-11-22-10-4-5-17(14-22)20(23)24/h2-3,6-9,13,17H,4-5,10-12,14H2,1H3,(H,23,24)/b21-13+. The molecule has 132 valence electrons. The second-order valence-corrected chi connectivity index (χ2v) is 6.56. The Balaban J connectivity index is 1.53. The molecule has 1 saturated heterocycles. The Bertz CT molecular complexity index is 773. The Hall–Kier alpha value is -2.40. The van der Waals surface area contributed by atoms with E-state index < -0.39 is 5.97 Å². The number of aliphatic carboxylic acids is 1. The normalized spacial score (nSPS) is 18.7. The molecule has 0 aliphatic carbocycles. The lowest BCUT2D eigenvalue weighted by atomic mass is 9.98. The van der Waals surface area contributed by atoms with Gasteiger partial charge in [-0.05, 0) is 42.6 Å². The lowest BCUT2D eigenvalue weighted by molar-refractivity contribution is -0.143. The average molecular weight is 340 g/mol. The van der Waals surface area contributed by atoms with Crippen molar-refractivity contribution in [1.29, 1.82) is 0 Å². The van der Waals surface area contributed by atoms with Gasteiger partial charge in [0.15, 0.2) is 0 Å². The Morgan fingerprint density at radius 3 is 2.92 bits per heavy atom. The summed E-state index contributed by atoms with van der Waals surface area (Å²) < 4.78 is 0. The second-order valence-electron chi connectivity index (χ2n) is 6.56. The van der Waals surface area contributed by atoms with Crippen LogP contribution in [0, 0.1) is 12.8 Å². The van der Waals surface area contributed by atoms with E-state index in [1.165, 1.54) is 10.9 Å². The van der Waals surface area contributed by atoms with E-state index in [4.69, 9.17) is 9.94 Å². The largest absolute Gasteiger partial charge is 0.481 e. The molecule has 1 heterocycles. The summed E-state index contributed by atoms with van der Waals surface area (Å²) >= 11 is 0. The maximum atomic E-state index is 11.1. The van der Waals surface area contributed by atoms with Gasteiger partial charge in [0.05, 0.1) is 12.1 Å². The number of carbonyl (C=O) groups is 1. The van der Waals surface area contributed by atoms with Crippen molar-refractivity contribution >= 4 is 23.0 Å². The fourth-order valence-corrected chi connectivity index (χ4v) is 3.36. The van der Waals surface area contributed by atoms with Crippen LogP contribution < -0.4 is 0 Å². The van der Waals surface area contributed by atoms with Crippen LogP contribution in [0.2, 0.25) is 0 Å². The number of hydrogen-bond donors (Lipinski definition) is 1. The van der Waals surface area contributed by atoms with E-state index in [1.807, 2.05) is 18.2 Å². The highest BCUT2D eigenvalue weighted by Gasteiger charge is 2.24. The maximum Gasteiger partial charge on any atom is 0.307 e. The van der Waals surface area contributed by atoms with Gasteiger partial charge in [0.1, 0.15) is 6.61 Å². The Morgan fingerprint density at radius 2 is 2.12 bits per heavy atom. The molecule has 1 fully saturated rings. The molecule has 0 amide bonds. The Kier molecular flexibility index (Phi) is 5.66. The fourth-order valence-electron chi connectivity index (χ4n) is 3.36. The third-order valence-corrected chi connectivity index (χ3v) is 4.80. The summed E-state index contributed by atoms with van der Waals surface area (Å²) in [5.41, 5.74) is 2.27. The van der Waals surface area contributed by atoms with Gasteiger partial charge in [0.2, 0.25) is 0 Å². The van der Waals surface area contributed by atoms with Gasteiger partial charge >= 0.3 is 5.97 Å². The molecule has 1 unspecified atom stereocenters. The van der Waals surface area contributed by atoms with Crippen LogP contribution in [-0.4, -0.2) is 48.4 Å². The highest BCUT2D eigenvalue weighted by molar-refractivity contribution is 6.00. The number of carboxylic acid groups (broad SMARTS) is 1. The van der Waals surface area contributed by atoms with Crippen LogP contribution in [0.4, 0.5) is 0 Å². The zero-order valence-electron chi connectivity index (χ0n) is 14.5. The molecule has 0 radical (unpaired) electrons. The highest BCUT2D eigenvalue weighted by atomic mass is 16.6. The van der Waals surface area contributed by atoms with Gasteiger partial charge in [-0.15, -0.1) is 0 Å². The summed E-state index contributed by atoms with van der Waals surface area (Å²) in [6.07, 6.45) is 3.44. The summed E-state index contributed by atoms with van der Waals surface area (Å²) in [5.74, 6) is -0.953. The number of benzene rings is 2. The number of fused-ring (bicyclic) bond motifs is 1. The number of carboxylic acids is 1. The second kappa shape index (κ2) is 8.12. The molecule has 1 atom stereocenters. The van der Waals surface area contributed by atoms with E-state index in [0.717, 1.165) is 30.3 Å². The monoisotopic (exact) mass is 340 g/mol. The molecular weight excluding hydrogens is 316 g/mol. The molecule has 1 N–H and O–H groups in total. The molecule has 0 bridgehead atoms. The summed E-state index contributed by atoms with van der Waals surface area (Å²) in [4.78, 5) is 18.6. The maximum absolute atomic E-state index is 11.1. The zero-order chi connectivity index (χ0) is 17.6. The van der Waals surface area contributed by atoms with Crippen molar-refractivity contribution in [3.8, 4) is 0 Å². The molecular formula is C20H24N2O3. The van der Waals surface area contributed by atoms with Crippen LogP contribution in [0.5, 0.6) is 0 Å². The zero-order valence-corrected chi connectivity index (χ0v) is 14.5. The minimum atomic E-state index is -0.699. The first-order chi connectivity index (χ1) is 12.1. The first-order valence-corrected chi connectivity index (χ1v) is 8.74.